The van der Waals surface area contributed by atoms with Crippen LogP contribution in [0.25, 0.3) is 237 Å². The van der Waals surface area contributed by atoms with Crippen molar-refractivity contribution >= 4 is 237 Å². The van der Waals surface area contributed by atoms with Gasteiger partial charge >= 0.3 is 0 Å². The molecule has 1 fully saturated rings. The minimum Gasteiger partial charge on any atom is -0.0622 e. The van der Waals surface area contributed by atoms with Crippen molar-refractivity contribution in [2.24, 2.45) is 0 Å². The van der Waals surface area contributed by atoms with Crippen molar-refractivity contribution in [1.82, 2.24) is 0 Å². The Morgan fingerprint density at radius 1 is 0.203 bits per heavy atom. The fourth-order valence-corrected chi connectivity index (χ4v) is 27.2. The average Bonchev–Trinajstić information content (AvgIpc) is 1.46. The molecule has 5 radical (unpaired) electrons. The van der Waals surface area contributed by atoms with Crippen molar-refractivity contribution in [3.05, 3.63) is 182 Å². The predicted molar refractivity (Wildman–Crippen MR) is 324 cm³/mol. The van der Waals surface area contributed by atoms with E-state index in [0.717, 1.165) is 6.42 Å². The summed E-state index contributed by atoms with van der Waals surface area (Å²) in [5.41, 5.74) is 16.5. The third-order valence-electron chi connectivity index (χ3n) is 27.5. The first-order valence-electron chi connectivity index (χ1n) is 29.4. The minimum atomic E-state index is -0.499. The van der Waals surface area contributed by atoms with Gasteiger partial charge in [-0.15, -0.1) is 0 Å². The van der Waals surface area contributed by atoms with Gasteiger partial charge in [-0.1, -0.05) is 91.0 Å². The highest BCUT2D eigenvalue weighted by Crippen LogP contribution is 2.93. The van der Waals surface area contributed by atoms with E-state index in [9.17, 15) is 0 Å². The molecule has 0 saturated heterocycles. The fourth-order valence-electron chi connectivity index (χ4n) is 27.2. The quantitative estimate of drug-likeness (QED) is 0.154. The van der Waals surface area contributed by atoms with Gasteiger partial charge in [0.2, 0.25) is 0 Å². The maximum atomic E-state index is 2.62. The maximum absolute atomic E-state index is 2.62. The maximum Gasteiger partial charge on any atom is 0.0551 e. The summed E-state index contributed by atoms with van der Waals surface area (Å²) in [6.45, 7) is 0. The van der Waals surface area contributed by atoms with Crippen LogP contribution in [0.2, 0.25) is 0 Å². The second kappa shape index (κ2) is 7.57. The summed E-state index contributed by atoms with van der Waals surface area (Å²) in [6.07, 6.45) is 0.966. The standard InChI is InChI=1S/C79H17/c1-4-10-17(11-5-1)16-77-70-62-52-38-34-24-22-20-21-26-28-29-27(21)33-31-23(20)25(24)35-39(38)53-55-41(35)37(31)51-47(33)49-43(29)45-44-42(28)48-46-32(26)30(22)36-40(34)54(52)64-60(50(36)46)68-58(48)56(44)66-67-57(45)59(49)69-61(51)65(55)73(71(77)63(53)62)79(69,19-14-8-3-9-15-19)75(67)76(77)74(66)78(68,72(64)70)18-12-6-2-7-13-18/h1-15H,16H2/t77?,78-,79+. The van der Waals surface area contributed by atoms with Crippen molar-refractivity contribution in [3.63, 3.8) is 0 Å². The molecule has 0 aliphatic heterocycles. The van der Waals surface area contributed by atoms with Crippen LogP contribution in [0, 0.1) is 29.6 Å². The lowest BCUT2D eigenvalue weighted by atomic mass is 9.38. The lowest BCUT2D eigenvalue weighted by Crippen LogP contribution is -2.59. The Morgan fingerprint density at radius 2 is 0.456 bits per heavy atom. The first kappa shape index (κ1) is 31.3. The zero-order chi connectivity index (χ0) is 47.5. The van der Waals surface area contributed by atoms with Crippen LogP contribution in [-0.2, 0) is 22.7 Å². The normalized spacial score (nSPS) is 24.9. The minimum absolute atomic E-state index is 0.420. The third-order valence-corrected chi connectivity index (χ3v) is 27.5. The summed E-state index contributed by atoms with van der Waals surface area (Å²) in [7, 11) is 0. The summed E-state index contributed by atoms with van der Waals surface area (Å²) in [5.74, 6) is 8.44. The van der Waals surface area contributed by atoms with Crippen LogP contribution in [-0.4, -0.2) is 0 Å². The van der Waals surface area contributed by atoms with Gasteiger partial charge in [-0.05, 0) is 305 Å². The van der Waals surface area contributed by atoms with Gasteiger partial charge in [0.25, 0.3) is 0 Å². The smallest absolute Gasteiger partial charge is 0.0551 e. The molecule has 0 N–H and O–H groups in total. The molecule has 0 heteroatoms. The van der Waals surface area contributed by atoms with E-state index < -0.39 is 16.2 Å². The Morgan fingerprint density at radius 3 is 0.785 bits per heavy atom. The van der Waals surface area contributed by atoms with Crippen LogP contribution in [0.3, 0.4) is 0 Å². The van der Waals surface area contributed by atoms with Gasteiger partial charge < -0.3 is 0 Å². The lowest BCUT2D eigenvalue weighted by molar-refractivity contribution is 0.413. The Bertz CT molecular complexity index is 7220. The van der Waals surface area contributed by atoms with Crippen LogP contribution in [0.5, 0.6) is 0 Å². The second-order valence-electron chi connectivity index (χ2n) is 28.2. The van der Waals surface area contributed by atoms with E-state index in [1.54, 1.807) is 311 Å². The highest BCUT2D eigenvalue weighted by molar-refractivity contribution is 6.78. The summed E-state index contributed by atoms with van der Waals surface area (Å²) in [4.78, 5) is 0. The van der Waals surface area contributed by atoms with E-state index in [-0.39, 0.29) is 0 Å². The molecule has 0 amide bonds. The van der Waals surface area contributed by atoms with E-state index >= 15 is 0 Å². The molecule has 26 aromatic carbocycles. The second-order valence-corrected chi connectivity index (χ2v) is 28.2. The molecular formula is C79H17. The van der Waals surface area contributed by atoms with Crippen molar-refractivity contribution in [2.75, 3.05) is 0 Å². The number of hydrogen-bond acceptors (Lipinski definition) is 0. The summed E-state index contributed by atoms with van der Waals surface area (Å²) < 4.78 is 0. The molecule has 1 unspecified atom stereocenters. The highest BCUT2D eigenvalue weighted by atomic mass is 14.8. The first-order chi connectivity index (χ1) is 39.4. The predicted octanol–water partition coefficient (Wildman–Crippen LogP) is 19.0. The van der Waals surface area contributed by atoms with Crippen molar-refractivity contribution < 1.29 is 0 Å². The zero-order valence-electron chi connectivity index (χ0n) is 40.9. The molecule has 9 aliphatic rings. The molecule has 0 spiro atoms. The van der Waals surface area contributed by atoms with E-state index in [4.69, 9.17) is 0 Å². The Balaban J connectivity index is 1.09. The van der Waals surface area contributed by atoms with Gasteiger partial charge in [0.05, 0.1) is 10.8 Å². The molecule has 0 heterocycles. The summed E-state index contributed by atoms with van der Waals surface area (Å²) in [5, 5.41) is 72.5. The van der Waals surface area contributed by atoms with Gasteiger partial charge in [-0.25, -0.2) is 0 Å². The molecule has 35 rings (SSSR count). The molecule has 1 saturated carbocycles. The molecule has 9 aliphatic carbocycles. The Kier molecular flexibility index (Phi) is 3.00. The molecule has 3 atom stereocenters. The molecule has 26 aromatic rings. The van der Waals surface area contributed by atoms with Gasteiger partial charge in [0.15, 0.2) is 0 Å². The monoisotopic (exact) mass is 965 g/mol. The SMILES string of the molecule is c1ccc(CC23[C]4[C]5[C]6[C]7[C]4[C@@]4(c8ccccc8)c8c2c2c9c3c3c%10c%11c(c%12c6c6c%13c7c7c4c4c8c8c2c2c%14c9c%10c9c%10c%11c%11c%12c6c6c%12c%13c7c7c4c4c8c2c2c(c%149)c8c%10c%11c6c6c%12c7c4c2c68)[C@]53c2ccccc2)cc1. The van der Waals surface area contributed by atoms with Crippen molar-refractivity contribution in [3.8, 4) is 0 Å². The molecule has 333 valence electrons. The number of hydrogen-bond donors (Lipinski definition) is 0. The van der Waals surface area contributed by atoms with Gasteiger partial charge in [-0.3, -0.25) is 0 Å². The van der Waals surface area contributed by atoms with Crippen LogP contribution >= 0.6 is 0 Å². The van der Waals surface area contributed by atoms with Gasteiger partial charge in [0.1, 0.15) is 0 Å². The highest BCUT2D eigenvalue weighted by Gasteiger charge is 2.83. The van der Waals surface area contributed by atoms with E-state index in [0.29, 0.717) is 0 Å². The van der Waals surface area contributed by atoms with Crippen LogP contribution in [0.15, 0.2) is 91.0 Å². The summed E-state index contributed by atoms with van der Waals surface area (Å²) in [6, 6.07) is 36.8. The van der Waals surface area contributed by atoms with Crippen LogP contribution in [0.4, 0.5) is 0 Å². The van der Waals surface area contributed by atoms with Crippen LogP contribution < -0.4 is 0 Å². The molecule has 0 nitrogen and oxygen atoms in total. The topological polar surface area (TPSA) is 0 Å². The van der Waals surface area contributed by atoms with Gasteiger partial charge in [-0.2, -0.15) is 0 Å². The van der Waals surface area contributed by atoms with Crippen molar-refractivity contribution in [1.29, 1.82) is 0 Å². The molecule has 0 bridgehead atoms. The number of benzene rings is 18. The molecular weight excluding hydrogens is 949 g/mol. The zero-order valence-corrected chi connectivity index (χ0v) is 40.9. The Labute approximate surface area is 438 Å². The Hall–Kier alpha value is -9.10. The van der Waals surface area contributed by atoms with E-state index in [1.165, 1.54) is 16.7 Å². The molecule has 0 aromatic heterocycles. The third kappa shape index (κ3) is 1.84. The van der Waals surface area contributed by atoms with Gasteiger partial charge in [0, 0.05) is 35.0 Å². The molecule has 79 heavy (non-hydrogen) atoms. The fraction of sp³-hybridized carbons (Fsp3) is 0.0506. The summed E-state index contributed by atoms with van der Waals surface area (Å²) >= 11 is 0. The largest absolute Gasteiger partial charge is 0.0622 e. The first-order valence-corrected chi connectivity index (χ1v) is 29.4. The average molecular weight is 966 g/mol. The lowest BCUT2D eigenvalue weighted by Gasteiger charge is -2.62. The van der Waals surface area contributed by atoms with E-state index in [2.05, 4.69) is 91.0 Å². The van der Waals surface area contributed by atoms with Crippen molar-refractivity contribution in [2.45, 2.75) is 22.7 Å². The van der Waals surface area contributed by atoms with Crippen LogP contribution in [0.1, 0.15) is 61.2 Å². The van der Waals surface area contributed by atoms with E-state index in [1.807, 2.05) is 0 Å². The number of rotatable bonds is 4.